The third kappa shape index (κ3) is 4.16. The van der Waals surface area contributed by atoms with Crippen molar-refractivity contribution in [2.45, 2.75) is 39.3 Å². The molecule has 7 heteroatoms. The minimum Gasteiger partial charge on any atom is -0.493 e. The Hall–Kier alpha value is -1.99. The van der Waals surface area contributed by atoms with Crippen molar-refractivity contribution >= 4 is 33.9 Å². The van der Waals surface area contributed by atoms with E-state index in [-0.39, 0.29) is 12.0 Å². The smallest absolute Gasteiger partial charge is 0.220 e. The number of benzene rings is 1. The first-order valence-electron chi connectivity index (χ1n) is 8.67. The van der Waals surface area contributed by atoms with Gasteiger partial charge in [0.2, 0.25) is 11.0 Å². The molecule has 2 N–H and O–H groups in total. The molecule has 2 heterocycles. The zero-order valence-electron chi connectivity index (χ0n) is 14.6. The van der Waals surface area contributed by atoms with Gasteiger partial charge in [-0.2, -0.15) is 0 Å². The third-order valence-corrected chi connectivity index (χ3v) is 4.44. The number of hydrogen-bond donors (Lipinski definition) is 2. The summed E-state index contributed by atoms with van der Waals surface area (Å²) in [6, 6.07) is 7.79. The number of aromatic nitrogens is 1. The molecule has 0 radical (unpaired) electrons. The second-order valence-electron chi connectivity index (χ2n) is 6.71. The molecule has 1 aromatic carbocycles. The SMILES string of the molecule is CC(C)Cn1c(O)c(N=NC(=S)NC[C@@H]2CCCO2)c2ccccc21. The number of nitrogens with zero attached hydrogens (tertiary/aromatic N) is 3. The Kier molecular flexibility index (Phi) is 5.65. The molecular formula is C18H24N4O2S. The number of aromatic hydroxyl groups is 1. The van der Waals surface area contributed by atoms with Crippen molar-refractivity contribution in [2.75, 3.05) is 13.2 Å². The lowest BCUT2D eigenvalue weighted by atomic mass is 10.2. The van der Waals surface area contributed by atoms with Crippen LogP contribution in [0.4, 0.5) is 5.69 Å². The largest absolute Gasteiger partial charge is 0.493 e. The van der Waals surface area contributed by atoms with Gasteiger partial charge in [0, 0.05) is 25.1 Å². The van der Waals surface area contributed by atoms with Crippen LogP contribution in [0.1, 0.15) is 26.7 Å². The molecule has 1 fully saturated rings. The van der Waals surface area contributed by atoms with Gasteiger partial charge in [-0.1, -0.05) is 32.0 Å². The van der Waals surface area contributed by atoms with Gasteiger partial charge in [-0.15, -0.1) is 10.2 Å². The van der Waals surface area contributed by atoms with Crippen molar-refractivity contribution in [2.24, 2.45) is 16.1 Å². The lowest BCUT2D eigenvalue weighted by molar-refractivity contribution is 0.114. The van der Waals surface area contributed by atoms with E-state index < -0.39 is 0 Å². The predicted octanol–water partition coefficient (Wildman–Crippen LogP) is 4.14. The first kappa shape index (κ1) is 17.8. The molecule has 3 rings (SSSR count). The van der Waals surface area contributed by atoms with Crippen LogP contribution in [-0.2, 0) is 11.3 Å². The second kappa shape index (κ2) is 7.93. The number of ether oxygens (including phenoxy) is 1. The maximum atomic E-state index is 10.6. The molecule has 1 aliphatic rings. The lowest BCUT2D eigenvalue weighted by Gasteiger charge is -2.09. The van der Waals surface area contributed by atoms with Crippen LogP contribution in [0, 0.1) is 5.92 Å². The van der Waals surface area contributed by atoms with Crippen molar-refractivity contribution in [1.82, 2.24) is 9.88 Å². The first-order valence-corrected chi connectivity index (χ1v) is 9.08. The highest BCUT2D eigenvalue weighted by molar-refractivity contribution is 7.80. The molecule has 1 atom stereocenters. The van der Waals surface area contributed by atoms with Gasteiger partial charge in [0.1, 0.15) is 0 Å². The second-order valence-corrected chi connectivity index (χ2v) is 7.10. The summed E-state index contributed by atoms with van der Waals surface area (Å²) in [5.41, 5.74) is 1.40. The van der Waals surface area contributed by atoms with E-state index >= 15 is 0 Å². The number of hydrogen-bond acceptors (Lipinski definition) is 4. The quantitative estimate of drug-likeness (QED) is 0.621. The standard InChI is InChI=1S/C18H24N4O2S/c1-12(2)11-22-15-8-4-3-7-14(15)16(17(22)23)20-21-18(25)19-10-13-6-5-9-24-13/h3-4,7-8,12-13,23H,5-6,9-11H2,1-2H3,(H,19,25)/t13-/m0/s1. The normalized spacial score (nSPS) is 17.8. The summed E-state index contributed by atoms with van der Waals surface area (Å²) in [5, 5.41) is 23.1. The van der Waals surface area contributed by atoms with Crippen molar-refractivity contribution < 1.29 is 9.84 Å². The molecule has 25 heavy (non-hydrogen) atoms. The summed E-state index contributed by atoms with van der Waals surface area (Å²) in [6.07, 6.45) is 2.31. The van der Waals surface area contributed by atoms with E-state index in [1.54, 1.807) is 0 Å². The van der Waals surface area contributed by atoms with Crippen LogP contribution < -0.4 is 5.32 Å². The van der Waals surface area contributed by atoms with E-state index in [9.17, 15) is 5.11 Å². The minimum atomic E-state index is 0.126. The first-order chi connectivity index (χ1) is 12.1. The molecule has 0 spiro atoms. The van der Waals surface area contributed by atoms with Crippen LogP contribution in [0.3, 0.4) is 0 Å². The van der Waals surface area contributed by atoms with Gasteiger partial charge in [-0.25, -0.2) is 0 Å². The molecule has 0 amide bonds. The maximum absolute atomic E-state index is 10.6. The van der Waals surface area contributed by atoms with Gasteiger partial charge >= 0.3 is 0 Å². The summed E-state index contributed by atoms with van der Waals surface area (Å²) in [5.74, 6) is 0.529. The number of fused-ring (bicyclic) bond motifs is 1. The van der Waals surface area contributed by atoms with Crippen LogP contribution in [0.5, 0.6) is 5.88 Å². The van der Waals surface area contributed by atoms with Gasteiger partial charge in [0.25, 0.3) is 0 Å². The topological polar surface area (TPSA) is 71.1 Å². The Morgan fingerprint density at radius 3 is 2.96 bits per heavy atom. The van der Waals surface area contributed by atoms with Gasteiger partial charge in [-0.3, -0.25) is 0 Å². The van der Waals surface area contributed by atoms with Crippen LogP contribution >= 0.6 is 12.2 Å². The molecule has 0 aliphatic carbocycles. The molecule has 0 bridgehead atoms. The van der Waals surface area contributed by atoms with Crippen LogP contribution in [0.2, 0.25) is 0 Å². The minimum absolute atomic E-state index is 0.126. The van der Waals surface area contributed by atoms with E-state index in [4.69, 9.17) is 17.0 Å². The Balaban J connectivity index is 1.78. The van der Waals surface area contributed by atoms with E-state index in [0.29, 0.717) is 29.8 Å². The lowest BCUT2D eigenvalue weighted by Crippen LogP contribution is -2.29. The van der Waals surface area contributed by atoms with E-state index in [1.807, 2.05) is 28.8 Å². The molecule has 1 aliphatic heterocycles. The zero-order chi connectivity index (χ0) is 17.8. The highest BCUT2D eigenvalue weighted by atomic mass is 32.1. The third-order valence-electron chi connectivity index (χ3n) is 4.21. The molecule has 0 unspecified atom stereocenters. The summed E-state index contributed by atoms with van der Waals surface area (Å²) in [7, 11) is 0. The fourth-order valence-corrected chi connectivity index (χ4v) is 3.18. The number of azo groups is 1. The Morgan fingerprint density at radius 2 is 2.24 bits per heavy atom. The molecule has 1 aromatic heterocycles. The number of para-hydroxylation sites is 1. The average Bonchev–Trinajstić information content (AvgIpc) is 3.19. The Morgan fingerprint density at radius 1 is 1.44 bits per heavy atom. The summed E-state index contributed by atoms with van der Waals surface area (Å²) < 4.78 is 7.42. The average molecular weight is 360 g/mol. The monoisotopic (exact) mass is 360 g/mol. The van der Waals surface area contributed by atoms with Gasteiger partial charge < -0.3 is 19.7 Å². The molecule has 6 nitrogen and oxygen atoms in total. The molecule has 1 saturated heterocycles. The predicted molar refractivity (Wildman–Crippen MR) is 103 cm³/mol. The van der Waals surface area contributed by atoms with Crippen molar-refractivity contribution in [3.05, 3.63) is 24.3 Å². The van der Waals surface area contributed by atoms with Crippen LogP contribution in [0.25, 0.3) is 10.9 Å². The fourth-order valence-electron chi connectivity index (χ4n) is 3.06. The molecule has 134 valence electrons. The van der Waals surface area contributed by atoms with E-state index in [0.717, 1.165) is 30.4 Å². The van der Waals surface area contributed by atoms with Crippen molar-refractivity contribution in [1.29, 1.82) is 0 Å². The van der Waals surface area contributed by atoms with Crippen LogP contribution in [0.15, 0.2) is 34.5 Å². The fraction of sp³-hybridized carbons (Fsp3) is 0.500. The van der Waals surface area contributed by atoms with Crippen molar-refractivity contribution in [3.8, 4) is 5.88 Å². The Labute approximate surface area is 152 Å². The van der Waals surface area contributed by atoms with Gasteiger partial charge in [-0.05, 0) is 37.0 Å². The van der Waals surface area contributed by atoms with Crippen molar-refractivity contribution in [3.63, 3.8) is 0 Å². The van der Waals surface area contributed by atoms with Crippen LogP contribution in [-0.4, -0.2) is 34.0 Å². The number of rotatable bonds is 5. The zero-order valence-corrected chi connectivity index (χ0v) is 15.4. The van der Waals surface area contributed by atoms with E-state index in [1.165, 1.54) is 0 Å². The number of thiocarbonyl (C=S) groups is 1. The molecular weight excluding hydrogens is 336 g/mol. The summed E-state index contributed by atoms with van der Waals surface area (Å²) >= 11 is 5.22. The Bertz CT molecular complexity index is 779. The highest BCUT2D eigenvalue weighted by Crippen LogP contribution is 2.39. The van der Waals surface area contributed by atoms with Gasteiger partial charge in [0.15, 0.2) is 5.69 Å². The maximum Gasteiger partial charge on any atom is 0.220 e. The molecule has 2 aromatic rings. The summed E-state index contributed by atoms with van der Waals surface area (Å²) in [6.45, 7) is 6.38. The van der Waals surface area contributed by atoms with Gasteiger partial charge in [0.05, 0.1) is 11.6 Å². The van der Waals surface area contributed by atoms with E-state index in [2.05, 4.69) is 29.4 Å². The highest BCUT2D eigenvalue weighted by Gasteiger charge is 2.18. The summed E-state index contributed by atoms with van der Waals surface area (Å²) in [4.78, 5) is 0. The molecule has 0 saturated carbocycles. The number of nitrogens with one attached hydrogen (secondary N) is 1.